The molecule has 8 heteroatoms. The summed E-state index contributed by atoms with van der Waals surface area (Å²) in [5, 5.41) is 13.5. The van der Waals surface area contributed by atoms with Crippen LogP contribution in [0.15, 0.2) is 63.6 Å². The Hall–Kier alpha value is -2.94. The van der Waals surface area contributed by atoms with Gasteiger partial charge in [-0.2, -0.15) is 0 Å². The summed E-state index contributed by atoms with van der Waals surface area (Å²) in [6.07, 6.45) is 0.780. The first-order chi connectivity index (χ1) is 15.6. The first-order valence-corrected chi connectivity index (χ1v) is 11.7. The molecule has 0 saturated carbocycles. The van der Waals surface area contributed by atoms with E-state index in [1.165, 1.54) is 16.2 Å². The predicted octanol–water partition coefficient (Wildman–Crippen LogP) is 2.38. The van der Waals surface area contributed by atoms with Crippen LogP contribution in [-0.4, -0.2) is 61.1 Å². The van der Waals surface area contributed by atoms with E-state index in [1.54, 1.807) is 17.0 Å². The Morgan fingerprint density at radius 2 is 2.00 bits per heavy atom. The number of fused-ring (bicyclic) bond motifs is 1. The largest absolute Gasteiger partial charge is 0.503 e. The molecule has 0 spiro atoms. The standard InChI is InChI=1S/C24H24N2O5S/c27-22(18-15-16-5-1-2-6-17(16)31-18)20-21(19-7-3-14-32-19)26(24(29)23(20)28)9-4-8-25-10-12-30-13-11-25/h1-3,5-7,14-15,21,28H,4,8-13H2/p+1. The fourth-order valence-corrected chi connectivity index (χ4v) is 5.34. The number of hydrogen-bond donors (Lipinski definition) is 2. The lowest BCUT2D eigenvalue weighted by atomic mass is 10.00. The molecule has 1 atom stereocenters. The normalized spacial score (nSPS) is 19.9. The number of ketones is 1. The van der Waals surface area contributed by atoms with Crippen LogP contribution in [0.25, 0.3) is 11.0 Å². The van der Waals surface area contributed by atoms with Crippen LogP contribution in [-0.2, 0) is 9.53 Å². The zero-order valence-corrected chi connectivity index (χ0v) is 18.4. The van der Waals surface area contributed by atoms with E-state index in [9.17, 15) is 14.7 Å². The van der Waals surface area contributed by atoms with E-state index in [2.05, 4.69) is 0 Å². The average molecular weight is 454 g/mol. The second-order valence-electron chi connectivity index (χ2n) is 8.12. The minimum absolute atomic E-state index is 0.0928. The number of carbonyl (C=O) groups is 2. The van der Waals surface area contributed by atoms with E-state index in [1.807, 2.05) is 35.7 Å². The van der Waals surface area contributed by atoms with Crippen molar-refractivity contribution in [2.24, 2.45) is 0 Å². The summed E-state index contributed by atoms with van der Waals surface area (Å²) in [7, 11) is 0. The number of hydrogen-bond acceptors (Lipinski definition) is 6. The molecular weight excluding hydrogens is 428 g/mol. The van der Waals surface area contributed by atoms with Gasteiger partial charge in [-0.25, -0.2) is 0 Å². The number of thiophene rings is 1. The Morgan fingerprint density at radius 3 is 2.75 bits per heavy atom. The summed E-state index contributed by atoms with van der Waals surface area (Å²) in [5.41, 5.74) is 0.688. The van der Waals surface area contributed by atoms with E-state index in [0.29, 0.717) is 12.1 Å². The lowest BCUT2D eigenvalue weighted by Crippen LogP contribution is -3.14. The predicted molar refractivity (Wildman–Crippen MR) is 120 cm³/mol. The Morgan fingerprint density at radius 1 is 1.19 bits per heavy atom. The van der Waals surface area contributed by atoms with E-state index >= 15 is 0 Å². The van der Waals surface area contributed by atoms with Crippen LogP contribution >= 0.6 is 11.3 Å². The molecule has 1 saturated heterocycles. The van der Waals surface area contributed by atoms with E-state index in [4.69, 9.17) is 9.15 Å². The smallest absolute Gasteiger partial charge is 0.290 e. The quantitative estimate of drug-likeness (QED) is 0.537. The Labute approximate surface area is 189 Å². The SMILES string of the molecule is O=C(C1=C(O)C(=O)N(CCC[NH+]2CCOCC2)C1c1cccs1)c1cc2ccccc2o1. The second-order valence-corrected chi connectivity index (χ2v) is 9.10. The number of amides is 1. The first-order valence-electron chi connectivity index (χ1n) is 10.9. The van der Waals surface area contributed by atoms with Crippen molar-refractivity contribution >= 4 is 34.0 Å². The van der Waals surface area contributed by atoms with Crippen molar-refractivity contribution in [3.8, 4) is 0 Å². The molecule has 4 heterocycles. The molecule has 2 aromatic heterocycles. The average Bonchev–Trinajstić information content (AvgIpc) is 3.54. The number of aliphatic hydroxyl groups excluding tert-OH is 1. The molecule has 1 amide bonds. The molecule has 0 aliphatic carbocycles. The highest BCUT2D eigenvalue weighted by molar-refractivity contribution is 7.10. The molecule has 2 aliphatic rings. The van der Waals surface area contributed by atoms with Crippen LogP contribution in [0.2, 0.25) is 0 Å². The van der Waals surface area contributed by atoms with Gasteiger partial charge >= 0.3 is 0 Å². The number of quaternary nitrogens is 1. The van der Waals surface area contributed by atoms with Crippen molar-refractivity contribution < 1.29 is 28.7 Å². The number of furan rings is 1. The Kier molecular flexibility index (Phi) is 5.82. The zero-order valence-electron chi connectivity index (χ0n) is 17.6. The van der Waals surface area contributed by atoms with Gasteiger partial charge in [0.25, 0.3) is 5.91 Å². The van der Waals surface area contributed by atoms with Gasteiger partial charge in [0, 0.05) is 23.2 Å². The molecule has 1 unspecified atom stereocenters. The van der Waals surface area contributed by atoms with Gasteiger partial charge in [-0.05, 0) is 23.6 Å². The Bertz CT molecular complexity index is 1130. The van der Waals surface area contributed by atoms with Crippen LogP contribution in [0.1, 0.15) is 27.9 Å². The lowest BCUT2D eigenvalue weighted by molar-refractivity contribution is -0.908. The van der Waals surface area contributed by atoms with Gasteiger partial charge in [-0.15, -0.1) is 11.3 Å². The van der Waals surface area contributed by atoms with Crippen LogP contribution in [0.4, 0.5) is 0 Å². The maximum atomic E-state index is 13.4. The molecule has 0 radical (unpaired) electrons. The summed E-state index contributed by atoms with van der Waals surface area (Å²) >= 11 is 1.47. The number of morpholine rings is 1. The molecular formula is C24H25N2O5S+. The maximum absolute atomic E-state index is 13.4. The van der Waals surface area contributed by atoms with Gasteiger partial charge in [-0.1, -0.05) is 24.3 Å². The van der Waals surface area contributed by atoms with E-state index in [-0.39, 0.29) is 11.3 Å². The van der Waals surface area contributed by atoms with Crippen LogP contribution in [0, 0.1) is 0 Å². The number of nitrogens with one attached hydrogen (secondary N) is 1. The van der Waals surface area contributed by atoms with Crippen LogP contribution in [0.5, 0.6) is 0 Å². The molecule has 2 aliphatic heterocycles. The number of carbonyl (C=O) groups excluding carboxylic acids is 2. The van der Waals surface area contributed by atoms with Crippen molar-refractivity contribution in [1.82, 2.24) is 4.90 Å². The fourth-order valence-electron chi connectivity index (χ4n) is 4.49. The molecule has 1 aromatic carbocycles. The third kappa shape index (κ3) is 3.85. The van der Waals surface area contributed by atoms with Crippen LogP contribution < -0.4 is 4.90 Å². The molecule has 32 heavy (non-hydrogen) atoms. The summed E-state index contributed by atoms with van der Waals surface area (Å²) in [6, 6.07) is 12.2. The molecule has 1 fully saturated rings. The minimum Gasteiger partial charge on any atom is -0.503 e. The summed E-state index contributed by atoms with van der Waals surface area (Å²) in [5.74, 6) is -1.30. The highest BCUT2D eigenvalue weighted by Crippen LogP contribution is 2.41. The molecule has 0 bridgehead atoms. The molecule has 3 aromatic rings. The molecule has 5 rings (SSSR count). The number of para-hydroxylation sites is 1. The third-order valence-electron chi connectivity index (χ3n) is 6.14. The fraction of sp³-hybridized carbons (Fsp3) is 0.333. The first kappa shape index (κ1) is 20.9. The monoisotopic (exact) mass is 453 g/mol. The molecule has 166 valence electrons. The highest BCUT2D eigenvalue weighted by Gasteiger charge is 2.44. The maximum Gasteiger partial charge on any atom is 0.290 e. The second kappa shape index (κ2) is 8.90. The molecule has 2 N–H and O–H groups in total. The summed E-state index contributed by atoms with van der Waals surface area (Å²) < 4.78 is 11.2. The van der Waals surface area contributed by atoms with E-state index in [0.717, 1.165) is 49.5 Å². The number of Topliss-reactive ketones (excluding diaryl/α,β-unsaturated/α-hetero) is 1. The Balaban J connectivity index is 1.41. The van der Waals surface area contributed by atoms with Crippen molar-refractivity contribution in [3.05, 3.63) is 69.8 Å². The van der Waals surface area contributed by atoms with Gasteiger partial charge in [0.1, 0.15) is 18.7 Å². The number of aliphatic hydroxyl groups is 1. The number of ether oxygens (including phenoxy) is 1. The number of nitrogens with zero attached hydrogens (tertiary/aromatic N) is 1. The van der Waals surface area contributed by atoms with Gasteiger partial charge < -0.3 is 24.1 Å². The van der Waals surface area contributed by atoms with Crippen molar-refractivity contribution in [1.29, 1.82) is 0 Å². The summed E-state index contributed by atoms with van der Waals surface area (Å²) in [4.78, 5) is 30.4. The van der Waals surface area contributed by atoms with Crippen molar-refractivity contribution in [3.63, 3.8) is 0 Å². The van der Waals surface area contributed by atoms with Gasteiger partial charge in [0.15, 0.2) is 11.5 Å². The molecule has 7 nitrogen and oxygen atoms in total. The number of benzene rings is 1. The van der Waals surface area contributed by atoms with Crippen LogP contribution in [0.3, 0.4) is 0 Å². The summed E-state index contributed by atoms with van der Waals surface area (Å²) in [6.45, 7) is 4.82. The third-order valence-corrected chi connectivity index (χ3v) is 7.06. The number of rotatable bonds is 7. The minimum atomic E-state index is -0.608. The van der Waals surface area contributed by atoms with Gasteiger partial charge in [0.05, 0.1) is 31.4 Å². The topological polar surface area (TPSA) is 84.4 Å². The van der Waals surface area contributed by atoms with E-state index < -0.39 is 23.5 Å². The highest BCUT2D eigenvalue weighted by atomic mass is 32.1. The van der Waals surface area contributed by atoms with Gasteiger partial charge in [-0.3, -0.25) is 9.59 Å². The van der Waals surface area contributed by atoms with Gasteiger partial charge in [0.2, 0.25) is 5.78 Å². The van der Waals surface area contributed by atoms with Crippen molar-refractivity contribution in [2.45, 2.75) is 12.5 Å². The van der Waals surface area contributed by atoms with Crippen molar-refractivity contribution in [2.75, 3.05) is 39.4 Å². The zero-order chi connectivity index (χ0) is 22.1. The lowest BCUT2D eigenvalue weighted by Gasteiger charge is -2.27.